The van der Waals surface area contributed by atoms with Gasteiger partial charge in [0.05, 0.1) is 6.33 Å². The fourth-order valence-electron chi connectivity index (χ4n) is 4.46. The van der Waals surface area contributed by atoms with E-state index in [-0.39, 0.29) is 18.4 Å². The van der Waals surface area contributed by atoms with Crippen LogP contribution in [0.4, 0.5) is 11.6 Å². The molecule has 0 radical (unpaired) electrons. The van der Waals surface area contributed by atoms with E-state index in [4.69, 9.17) is 9.78 Å². The molecule has 32 heavy (non-hydrogen) atoms. The van der Waals surface area contributed by atoms with Crippen molar-refractivity contribution in [2.45, 2.75) is 12.5 Å². The molecule has 3 aromatic heterocycles. The number of hydrogen-bond acceptors (Lipinski definition) is 9. The van der Waals surface area contributed by atoms with Crippen LogP contribution >= 0.6 is 0 Å². The van der Waals surface area contributed by atoms with Crippen molar-refractivity contribution < 1.29 is 9.32 Å². The summed E-state index contributed by atoms with van der Waals surface area (Å²) in [5.74, 6) is 3.05. The summed E-state index contributed by atoms with van der Waals surface area (Å²) in [4.78, 5) is 33.3. The number of aliphatic imine (C=N–C) groups is 1. The van der Waals surface area contributed by atoms with Crippen molar-refractivity contribution in [3.63, 3.8) is 0 Å². The second kappa shape index (κ2) is 7.56. The van der Waals surface area contributed by atoms with Crippen molar-refractivity contribution in [2.75, 3.05) is 25.0 Å². The van der Waals surface area contributed by atoms with E-state index < -0.39 is 0 Å². The van der Waals surface area contributed by atoms with E-state index in [9.17, 15) is 4.79 Å². The molecule has 0 unspecified atom stereocenters. The molecule has 0 aromatic carbocycles. The van der Waals surface area contributed by atoms with E-state index in [0.717, 1.165) is 18.9 Å². The molecule has 4 heterocycles. The molecule has 3 atom stereocenters. The monoisotopic (exact) mass is 431 g/mol. The topological polar surface area (TPSA) is 129 Å². The number of amides is 1. The van der Waals surface area contributed by atoms with E-state index in [1.165, 1.54) is 11.2 Å². The molecule has 0 N–H and O–H groups in total. The lowest BCUT2D eigenvalue weighted by atomic mass is 10.2. The van der Waals surface area contributed by atoms with Crippen molar-refractivity contribution in [3.05, 3.63) is 47.6 Å². The summed E-state index contributed by atoms with van der Waals surface area (Å²) in [7, 11) is 3.40. The fourth-order valence-corrected chi connectivity index (χ4v) is 4.46. The van der Waals surface area contributed by atoms with Gasteiger partial charge < -0.3 is 18.9 Å². The molecule has 11 nitrogen and oxygen atoms in total. The highest BCUT2D eigenvalue weighted by Crippen LogP contribution is 2.57. The minimum Gasteiger partial charge on any atom is -0.356 e. The van der Waals surface area contributed by atoms with Crippen LogP contribution < -0.4 is 4.90 Å². The number of nitrogens with zero attached hydrogens (tertiary/aromatic N) is 9. The first kappa shape index (κ1) is 19.9. The molecule has 162 valence electrons. The largest absolute Gasteiger partial charge is 0.356 e. The van der Waals surface area contributed by atoms with Crippen LogP contribution in [-0.4, -0.2) is 62.3 Å². The van der Waals surface area contributed by atoms with Crippen LogP contribution in [0, 0.1) is 23.2 Å². The number of fused-ring (bicyclic) bond motifs is 1. The summed E-state index contributed by atoms with van der Waals surface area (Å²) in [6.07, 6.45) is 1.52. The third-order valence-electron chi connectivity index (χ3n) is 6.14. The Morgan fingerprint density at radius 2 is 2.16 bits per heavy atom. The fraction of sp³-hybridized carbons (Fsp3) is 0.381. The summed E-state index contributed by atoms with van der Waals surface area (Å²) in [5.41, 5.74) is 0.774. The van der Waals surface area contributed by atoms with Gasteiger partial charge in [-0.1, -0.05) is 11.2 Å². The van der Waals surface area contributed by atoms with Crippen LogP contribution in [0.1, 0.15) is 33.8 Å². The second-order valence-corrected chi connectivity index (χ2v) is 8.14. The first-order valence-electron chi connectivity index (χ1n) is 10.2. The van der Waals surface area contributed by atoms with E-state index in [1.54, 1.807) is 24.7 Å². The van der Waals surface area contributed by atoms with Crippen LogP contribution in [0.5, 0.6) is 0 Å². The maximum atomic E-state index is 12.8. The summed E-state index contributed by atoms with van der Waals surface area (Å²) < 4.78 is 7.03. The predicted octanol–water partition coefficient (Wildman–Crippen LogP) is 1.52. The molecule has 2 fully saturated rings. The normalized spacial score (nSPS) is 21.2. The highest BCUT2D eigenvalue weighted by Gasteiger charge is 2.58. The van der Waals surface area contributed by atoms with Crippen LogP contribution in [0.25, 0.3) is 0 Å². The van der Waals surface area contributed by atoms with E-state index in [2.05, 4.69) is 42.8 Å². The van der Waals surface area contributed by atoms with Gasteiger partial charge in [-0.05, 0) is 30.7 Å². The Morgan fingerprint density at radius 3 is 2.88 bits per heavy atom. The molecule has 1 saturated carbocycles. The summed E-state index contributed by atoms with van der Waals surface area (Å²) >= 11 is 0. The second-order valence-electron chi connectivity index (χ2n) is 8.14. The molecular weight excluding hydrogens is 410 g/mol. The van der Waals surface area contributed by atoms with E-state index >= 15 is 0 Å². The minimum absolute atomic E-state index is 0.187. The Labute approximate surface area is 184 Å². The third-order valence-corrected chi connectivity index (χ3v) is 6.14. The van der Waals surface area contributed by atoms with Gasteiger partial charge in [0.1, 0.15) is 24.1 Å². The van der Waals surface area contributed by atoms with E-state index in [1.807, 2.05) is 12.1 Å². The Balaban J connectivity index is 1.21. The molecule has 2 aliphatic rings. The van der Waals surface area contributed by atoms with Gasteiger partial charge >= 0.3 is 0 Å². The van der Waals surface area contributed by atoms with Gasteiger partial charge in [0.2, 0.25) is 5.89 Å². The molecule has 0 spiro atoms. The van der Waals surface area contributed by atoms with Crippen molar-refractivity contribution in [1.29, 1.82) is 5.26 Å². The smallest absolute Gasteiger partial charge is 0.274 e. The Bertz CT molecular complexity index is 1230. The zero-order valence-electron chi connectivity index (χ0n) is 17.7. The number of anilines is 1. The highest BCUT2D eigenvalue weighted by molar-refractivity contribution is 5.96. The number of pyridine rings is 1. The molecule has 11 heteroatoms. The van der Waals surface area contributed by atoms with Gasteiger partial charge in [0.25, 0.3) is 5.91 Å². The number of rotatable bonds is 6. The number of carbonyl (C=O) groups is 1. The van der Waals surface area contributed by atoms with Crippen molar-refractivity contribution in [1.82, 2.24) is 29.6 Å². The van der Waals surface area contributed by atoms with Gasteiger partial charge in [0, 0.05) is 33.1 Å². The summed E-state index contributed by atoms with van der Waals surface area (Å²) in [6, 6.07) is 7.56. The maximum Gasteiger partial charge on any atom is 0.274 e. The third kappa shape index (κ3) is 3.30. The number of piperidine rings is 1. The van der Waals surface area contributed by atoms with Crippen molar-refractivity contribution >= 4 is 24.3 Å². The Kier molecular flexibility index (Phi) is 4.70. The van der Waals surface area contributed by atoms with Crippen LogP contribution in [0.15, 0.2) is 34.0 Å². The lowest BCUT2D eigenvalue weighted by Gasteiger charge is -2.20. The molecular formula is C21H21N9O2. The molecule has 3 aromatic rings. The SMILES string of the molecule is C=Nc1ncn(C)c1C(=O)N(C)Cc1nc([C@H]2[C@@H]3CN(c4cccc(C#N)n4)C[C@@H]32)no1. The number of carbonyl (C=O) groups excluding carboxylic acids is 1. The van der Waals surface area contributed by atoms with Crippen molar-refractivity contribution in [2.24, 2.45) is 23.9 Å². The number of aryl methyl sites for hydroxylation is 1. The highest BCUT2D eigenvalue weighted by atomic mass is 16.5. The Hall–Kier alpha value is -4.07. The number of imidazole rings is 1. The van der Waals surface area contributed by atoms with Gasteiger partial charge in [0.15, 0.2) is 17.3 Å². The standard InChI is InChI=1S/C21H21N9O2/c1-23-20-18(29(3)11-24-20)21(31)28(2)10-16-26-19(27-32-16)17-13-8-30(9-14(13)17)15-6-4-5-12(7-22)25-15/h4-6,11,13-14,17H,1,8-10H2,2-3H3/t13-,14+,17+. The summed E-state index contributed by atoms with van der Waals surface area (Å²) in [5, 5.41) is 13.2. The molecule has 1 amide bonds. The maximum absolute atomic E-state index is 12.8. The first-order valence-corrected chi connectivity index (χ1v) is 10.2. The minimum atomic E-state index is -0.252. The molecule has 0 bridgehead atoms. The van der Waals surface area contributed by atoms with Gasteiger partial charge in [-0.2, -0.15) is 10.2 Å². The average molecular weight is 431 g/mol. The number of nitriles is 1. The lowest BCUT2D eigenvalue weighted by Crippen LogP contribution is -2.28. The molecule has 1 aliphatic carbocycles. The number of hydrogen-bond donors (Lipinski definition) is 0. The van der Waals surface area contributed by atoms with Crippen molar-refractivity contribution in [3.8, 4) is 6.07 Å². The first-order chi connectivity index (χ1) is 15.5. The lowest BCUT2D eigenvalue weighted by molar-refractivity contribution is 0.0761. The zero-order valence-corrected chi connectivity index (χ0v) is 17.7. The zero-order chi connectivity index (χ0) is 22.4. The van der Waals surface area contributed by atoms with Crippen LogP contribution in [0.2, 0.25) is 0 Å². The van der Waals surface area contributed by atoms with Gasteiger partial charge in [-0.3, -0.25) is 4.79 Å². The Morgan fingerprint density at radius 1 is 1.38 bits per heavy atom. The predicted molar refractivity (Wildman–Crippen MR) is 113 cm³/mol. The van der Waals surface area contributed by atoms with Crippen LogP contribution in [-0.2, 0) is 13.6 Å². The van der Waals surface area contributed by atoms with E-state index in [0.29, 0.717) is 40.8 Å². The molecule has 1 saturated heterocycles. The number of aromatic nitrogens is 5. The van der Waals surface area contributed by atoms with Crippen LogP contribution in [0.3, 0.4) is 0 Å². The van der Waals surface area contributed by atoms with Gasteiger partial charge in [-0.15, -0.1) is 0 Å². The van der Waals surface area contributed by atoms with Gasteiger partial charge in [-0.25, -0.2) is 15.0 Å². The average Bonchev–Trinajstić information content (AvgIpc) is 3.22. The molecule has 5 rings (SSSR count). The summed E-state index contributed by atoms with van der Waals surface area (Å²) in [6.45, 7) is 5.34. The molecule has 1 aliphatic heterocycles. The quantitative estimate of drug-likeness (QED) is 0.537.